The van der Waals surface area contributed by atoms with Crippen molar-refractivity contribution in [1.29, 1.82) is 0 Å². The van der Waals surface area contributed by atoms with Gasteiger partial charge in [-0.15, -0.1) is 0 Å². The summed E-state index contributed by atoms with van der Waals surface area (Å²) in [6.07, 6.45) is 0. The van der Waals surface area contributed by atoms with Crippen LogP contribution in [0.4, 0.5) is 51.2 Å². The molecule has 0 spiro atoms. The minimum Gasteiger partial charge on any atom is -0.456 e. The van der Waals surface area contributed by atoms with Crippen molar-refractivity contribution in [2.24, 2.45) is 0 Å². The Labute approximate surface area is 411 Å². The van der Waals surface area contributed by atoms with Crippen molar-refractivity contribution in [3.8, 4) is 22.3 Å². The first kappa shape index (κ1) is 41.6. The zero-order chi connectivity index (χ0) is 47.1. The fourth-order valence-electron chi connectivity index (χ4n) is 10.1. The summed E-state index contributed by atoms with van der Waals surface area (Å²) >= 11 is 0. The first-order valence-electron chi connectivity index (χ1n) is 24.0. The highest BCUT2D eigenvalue weighted by Crippen LogP contribution is 2.48. The van der Waals surface area contributed by atoms with E-state index in [9.17, 15) is 0 Å². The van der Waals surface area contributed by atoms with E-state index < -0.39 is 0 Å². The predicted molar refractivity (Wildman–Crippen MR) is 296 cm³/mol. The van der Waals surface area contributed by atoms with E-state index in [1.54, 1.807) is 0 Å². The average Bonchev–Trinajstić information content (AvgIpc) is 4.02. The summed E-state index contributed by atoms with van der Waals surface area (Å²) in [6, 6.07) is 96.6. The van der Waals surface area contributed by atoms with Crippen molar-refractivity contribution in [3.05, 3.63) is 273 Å². The van der Waals surface area contributed by atoms with Crippen molar-refractivity contribution < 1.29 is 8.83 Å². The molecular weight excluding hydrogens is 867 g/mol. The number of rotatable bonds is 11. The van der Waals surface area contributed by atoms with E-state index in [2.05, 4.69) is 263 Å². The molecule has 0 fully saturated rings. The van der Waals surface area contributed by atoms with Gasteiger partial charge in [0.2, 0.25) is 0 Å². The minimum absolute atomic E-state index is 0.818. The molecule has 11 aromatic carbocycles. The van der Waals surface area contributed by atoms with Gasteiger partial charge in [-0.1, -0.05) is 164 Å². The van der Waals surface area contributed by atoms with Gasteiger partial charge in [-0.25, -0.2) is 0 Å². The van der Waals surface area contributed by atoms with Crippen LogP contribution in [-0.2, 0) is 0 Å². The second kappa shape index (κ2) is 17.8. The largest absolute Gasteiger partial charge is 0.456 e. The first-order valence-corrected chi connectivity index (χ1v) is 24.0. The number of fused-ring (bicyclic) bond motifs is 6. The smallest absolute Gasteiger partial charge is 0.159 e. The average molecular weight is 912 g/mol. The molecule has 5 nitrogen and oxygen atoms in total. The zero-order valence-electron chi connectivity index (χ0n) is 38.6. The highest BCUT2D eigenvalue weighted by atomic mass is 16.3. The molecule has 0 aliphatic rings. The molecule has 0 amide bonds. The van der Waals surface area contributed by atoms with E-state index in [1.807, 2.05) is 24.3 Å². The number of anilines is 9. The summed E-state index contributed by atoms with van der Waals surface area (Å²) in [5.41, 5.74) is 16.9. The Hall–Kier alpha value is -9.58. The van der Waals surface area contributed by atoms with Gasteiger partial charge in [0.25, 0.3) is 0 Å². The number of benzene rings is 11. The Morgan fingerprint density at radius 2 is 0.592 bits per heavy atom. The molecule has 2 aromatic heterocycles. The molecule has 0 saturated carbocycles. The number of hydrogen-bond donors (Lipinski definition) is 0. The van der Waals surface area contributed by atoms with E-state index in [4.69, 9.17) is 8.83 Å². The highest BCUT2D eigenvalue weighted by Gasteiger charge is 2.25. The van der Waals surface area contributed by atoms with Gasteiger partial charge in [-0.2, -0.15) is 0 Å². The molecule has 0 aliphatic carbocycles. The lowest BCUT2D eigenvalue weighted by Gasteiger charge is -2.33. The van der Waals surface area contributed by atoms with Crippen LogP contribution in [0.3, 0.4) is 0 Å². The molecule has 0 bridgehead atoms. The maximum atomic E-state index is 6.81. The molecule has 71 heavy (non-hydrogen) atoms. The fraction of sp³-hybridized carbons (Fsp3) is 0. The van der Waals surface area contributed by atoms with E-state index in [0.29, 0.717) is 0 Å². The molecule has 0 saturated heterocycles. The van der Waals surface area contributed by atoms with E-state index >= 15 is 0 Å². The maximum Gasteiger partial charge on any atom is 0.159 e. The fourth-order valence-corrected chi connectivity index (χ4v) is 10.1. The Balaban J connectivity index is 1.04. The summed E-state index contributed by atoms with van der Waals surface area (Å²) in [6.45, 7) is 0. The standard InChI is InChI=1S/C66H45N3O2/c1-5-18-46(19-6-1)47-32-37-53(38-33-47)68(54-39-34-48(35-40-54)49-36-41-65-61(42-49)59-27-14-15-30-63(59)70-65)56-43-55(67(50-20-7-2-8-21-50)51-22-9-3-10-23-51)44-57(45-56)69(52-24-11-4-12-25-52)62-29-17-28-60-58-26-13-16-31-64(58)71-66(60)62/h1-45H. The molecule has 13 rings (SSSR count). The lowest BCUT2D eigenvalue weighted by Crippen LogP contribution is -2.16. The van der Waals surface area contributed by atoms with Crippen LogP contribution in [0.1, 0.15) is 0 Å². The SMILES string of the molecule is c1ccc(-c2ccc(N(c3ccc(-c4ccc5oc6ccccc6c5c4)cc3)c3cc(N(c4ccccc4)c4ccccc4)cc(N(c4ccccc4)c4cccc5c4oc4ccccc45)c3)cc2)cc1. The Morgan fingerprint density at radius 3 is 1.15 bits per heavy atom. The second-order valence-corrected chi connectivity index (χ2v) is 17.7. The predicted octanol–water partition coefficient (Wildman–Crippen LogP) is 19.2. The third-order valence-corrected chi connectivity index (χ3v) is 13.4. The molecular formula is C66H45N3O2. The van der Waals surface area contributed by atoms with Crippen molar-refractivity contribution in [1.82, 2.24) is 0 Å². The molecule has 0 atom stereocenters. The third-order valence-electron chi connectivity index (χ3n) is 13.4. The highest BCUT2D eigenvalue weighted by molar-refractivity contribution is 6.11. The summed E-state index contributed by atoms with van der Waals surface area (Å²) < 4.78 is 13.0. The van der Waals surface area contributed by atoms with Crippen LogP contribution in [0.25, 0.3) is 66.1 Å². The van der Waals surface area contributed by atoms with Gasteiger partial charge in [0, 0.05) is 50.0 Å². The normalized spacial score (nSPS) is 11.4. The van der Waals surface area contributed by atoms with E-state index in [-0.39, 0.29) is 0 Å². The van der Waals surface area contributed by atoms with Crippen LogP contribution in [0, 0.1) is 0 Å². The van der Waals surface area contributed by atoms with Crippen LogP contribution in [0.15, 0.2) is 282 Å². The van der Waals surface area contributed by atoms with E-state index in [0.717, 1.165) is 112 Å². The van der Waals surface area contributed by atoms with Gasteiger partial charge >= 0.3 is 0 Å². The summed E-state index contributed by atoms with van der Waals surface area (Å²) in [7, 11) is 0. The lowest BCUT2D eigenvalue weighted by molar-refractivity contribution is 0.668. The van der Waals surface area contributed by atoms with E-state index in [1.165, 1.54) is 5.56 Å². The quantitative estimate of drug-likeness (QED) is 0.129. The number of furan rings is 2. The van der Waals surface area contributed by atoms with Crippen molar-refractivity contribution in [3.63, 3.8) is 0 Å². The van der Waals surface area contributed by atoms with Crippen LogP contribution in [-0.4, -0.2) is 0 Å². The van der Waals surface area contributed by atoms with Gasteiger partial charge in [0.1, 0.15) is 16.7 Å². The number of nitrogens with zero attached hydrogens (tertiary/aromatic N) is 3. The molecule has 13 aromatic rings. The molecule has 5 heteroatoms. The van der Waals surface area contributed by atoms with Crippen molar-refractivity contribution in [2.45, 2.75) is 0 Å². The number of hydrogen-bond acceptors (Lipinski definition) is 5. The Bertz CT molecular complexity index is 3940. The van der Waals surface area contributed by atoms with Gasteiger partial charge in [0.15, 0.2) is 5.58 Å². The van der Waals surface area contributed by atoms with Crippen LogP contribution in [0.2, 0.25) is 0 Å². The summed E-state index contributed by atoms with van der Waals surface area (Å²) in [5, 5.41) is 4.36. The Kier molecular flexibility index (Phi) is 10.4. The van der Waals surface area contributed by atoms with Gasteiger partial charge in [-0.05, 0) is 131 Å². The number of para-hydroxylation sites is 6. The van der Waals surface area contributed by atoms with Crippen LogP contribution in [0.5, 0.6) is 0 Å². The molecule has 0 radical (unpaired) electrons. The monoisotopic (exact) mass is 911 g/mol. The van der Waals surface area contributed by atoms with Gasteiger partial charge in [0.05, 0.1) is 22.7 Å². The summed E-state index contributed by atoms with van der Waals surface area (Å²) in [4.78, 5) is 7.05. The topological polar surface area (TPSA) is 36.0 Å². The molecule has 336 valence electrons. The van der Waals surface area contributed by atoms with Crippen LogP contribution >= 0.6 is 0 Å². The van der Waals surface area contributed by atoms with Crippen molar-refractivity contribution >= 4 is 95.1 Å². The molecule has 0 unspecified atom stereocenters. The van der Waals surface area contributed by atoms with Gasteiger partial charge in [-0.3, -0.25) is 0 Å². The maximum absolute atomic E-state index is 6.81. The second-order valence-electron chi connectivity index (χ2n) is 17.7. The van der Waals surface area contributed by atoms with Crippen LogP contribution < -0.4 is 14.7 Å². The first-order chi connectivity index (χ1) is 35.2. The lowest BCUT2D eigenvalue weighted by atomic mass is 10.0. The molecule has 2 heterocycles. The molecule has 0 N–H and O–H groups in total. The molecule has 0 aliphatic heterocycles. The minimum atomic E-state index is 0.818. The summed E-state index contributed by atoms with van der Waals surface area (Å²) in [5.74, 6) is 0. The third kappa shape index (κ3) is 7.72. The van der Waals surface area contributed by atoms with Gasteiger partial charge < -0.3 is 23.5 Å². The van der Waals surface area contributed by atoms with Crippen molar-refractivity contribution in [2.75, 3.05) is 14.7 Å². The zero-order valence-corrected chi connectivity index (χ0v) is 38.6. The Morgan fingerprint density at radius 1 is 0.211 bits per heavy atom.